The molecule has 0 saturated heterocycles. The molecule has 22 heavy (non-hydrogen) atoms. The highest BCUT2D eigenvalue weighted by atomic mass is 32.2. The molecule has 6 nitrogen and oxygen atoms in total. The summed E-state index contributed by atoms with van der Waals surface area (Å²) in [6.45, 7) is 4.56. The Morgan fingerprint density at radius 3 is 2.05 bits per heavy atom. The Kier molecular flexibility index (Phi) is 6.11. The summed E-state index contributed by atoms with van der Waals surface area (Å²) in [5, 5.41) is 4.40. The Morgan fingerprint density at radius 1 is 1.00 bits per heavy atom. The molecular formula is C15H22N2O4S. The van der Waals surface area contributed by atoms with E-state index in [1.54, 1.807) is 31.2 Å². The third-order valence-corrected chi connectivity index (χ3v) is 5.35. The fourth-order valence-corrected chi connectivity index (χ4v) is 2.63. The molecule has 0 aliphatic heterocycles. The topological polar surface area (TPSA) is 92.3 Å². The second kappa shape index (κ2) is 7.40. The van der Waals surface area contributed by atoms with Crippen molar-refractivity contribution in [3.63, 3.8) is 0 Å². The highest BCUT2D eigenvalue weighted by molar-refractivity contribution is 7.91. The maximum Gasteiger partial charge on any atom is 0.246 e. The van der Waals surface area contributed by atoms with Crippen molar-refractivity contribution in [2.24, 2.45) is 5.92 Å². The number of benzene rings is 1. The molecule has 2 amide bonds. The zero-order valence-corrected chi connectivity index (χ0v) is 14.0. The van der Waals surface area contributed by atoms with Crippen LogP contribution in [0.2, 0.25) is 0 Å². The lowest BCUT2D eigenvalue weighted by Crippen LogP contribution is -2.46. The van der Waals surface area contributed by atoms with Gasteiger partial charge in [0.1, 0.15) is 6.04 Å². The molecule has 122 valence electrons. The van der Waals surface area contributed by atoms with E-state index in [2.05, 4.69) is 10.6 Å². The van der Waals surface area contributed by atoms with Gasteiger partial charge in [-0.3, -0.25) is 9.59 Å². The van der Waals surface area contributed by atoms with Crippen LogP contribution in [0.25, 0.3) is 0 Å². The van der Waals surface area contributed by atoms with E-state index in [1.807, 2.05) is 6.07 Å². The molecule has 0 unspecified atom stereocenters. The van der Waals surface area contributed by atoms with Crippen LogP contribution in [0.15, 0.2) is 30.3 Å². The first-order valence-electron chi connectivity index (χ1n) is 6.98. The van der Waals surface area contributed by atoms with Crippen molar-refractivity contribution >= 4 is 27.3 Å². The molecule has 0 fully saturated rings. The Labute approximate surface area is 131 Å². The van der Waals surface area contributed by atoms with Crippen molar-refractivity contribution in [3.05, 3.63) is 30.3 Å². The van der Waals surface area contributed by atoms with Crippen molar-refractivity contribution < 1.29 is 18.0 Å². The zero-order valence-electron chi connectivity index (χ0n) is 13.2. The minimum absolute atomic E-state index is 0.362. The Bertz CT molecular complexity index is 628. The van der Waals surface area contributed by atoms with Crippen LogP contribution in [0.1, 0.15) is 20.8 Å². The number of carbonyl (C=O) groups excluding carboxylic acids is 2. The smallest absolute Gasteiger partial charge is 0.246 e. The molecule has 1 aromatic rings. The summed E-state index contributed by atoms with van der Waals surface area (Å²) in [6.07, 6.45) is 1.09. The lowest BCUT2D eigenvalue weighted by molar-refractivity contribution is -0.128. The molecule has 1 rings (SSSR count). The third kappa shape index (κ3) is 5.14. The molecule has 7 heteroatoms. The van der Waals surface area contributed by atoms with Crippen LogP contribution in [0.3, 0.4) is 0 Å². The summed E-state index contributed by atoms with van der Waals surface area (Å²) in [5.41, 5.74) is 0.631. The van der Waals surface area contributed by atoms with Gasteiger partial charge in [-0.1, -0.05) is 25.1 Å². The number of carbonyl (C=O) groups is 2. The molecular weight excluding hydrogens is 304 g/mol. The van der Waals surface area contributed by atoms with E-state index in [0.717, 1.165) is 6.26 Å². The van der Waals surface area contributed by atoms with Gasteiger partial charge in [0.2, 0.25) is 11.8 Å². The standard InChI is InChI=1S/C15H22N2O4S/c1-10(12(3)22(4,20)21)14(18)16-11(2)15(19)17-13-8-6-5-7-9-13/h5-12H,1-4H3,(H,16,18)(H,17,19)/t10-,11-,12-/m0/s1. The van der Waals surface area contributed by atoms with E-state index in [-0.39, 0.29) is 5.91 Å². The zero-order chi connectivity index (χ0) is 16.9. The van der Waals surface area contributed by atoms with Gasteiger partial charge in [0.05, 0.1) is 11.2 Å². The number of hydrogen-bond acceptors (Lipinski definition) is 4. The molecule has 0 aliphatic carbocycles. The maximum absolute atomic E-state index is 12.0. The normalized spacial score (nSPS) is 15.5. The molecule has 0 spiro atoms. The summed E-state index contributed by atoms with van der Waals surface area (Å²) in [7, 11) is -3.31. The fraction of sp³-hybridized carbons (Fsp3) is 0.467. The van der Waals surface area contributed by atoms with E-state index in [1.165, 1.54) is 13.8 Å². The molecule has 0 radical (unpaired) electrons. The van der Waals surface area contributed by atoms with Gasteiger partial charge < -0.3 is 10.6 Å². The summed E-state index contributed by atoms with van der Waals surface area (Å²) in [6, 6.07) is 8.11. The fourth-order valence-electron chi connectivity index (χ4n) is 1.77. The molecule has 1 aromatic carbocycles. The van der Waals surface area contributed by atoms with E-state index in [9.17, 15) is 18.0 Å². The quantitative estimate of drug-likeness (QED) is 0.821. The molecule has 0 aliphatic rings. The van der Waals surface area contributed by atoms with E-state index in [4.69, 9.17) is 0 Å². The van der Waals surface area contributed by atoms with Crippen LogP contribution >= 0.6 is 0 Å². The van der Waals surface area contributed by atoms with Crippen molar-refractivity contribution in [1.29, 1.82) is 0 Å². The van der Waals surface area contributed by atoms with Crippen LogP contribution in [0, 0.1) is 5.92 Å². The average Bonchev–Trinajstić information content (AvgIpc) is 2.45. The maximum atomic E-state index is 12.0. The van der Waals surface area contributed by atoms with E-state index >= 15 is 0 Å². The number of amides is 2. The van der Waals surface area contributed by atoms with Gasteiger partial charge in [0.25, 0.3) is 0 Å². The molecule has 0 saturated carbocycles. The highest BCUT2D eigenvalue weighted by Crippen LogP contribution is 2.12. The predicted molar refractivity (Wildman–Crippen MR) is 86.1 cm³/mol. The van der Waals surface area contributed by atoms with E-state index in [0.29, 0.717) is 5.69 Å². The van der Waals surface area contributed by atoms with Gasteiger partial charge >= 0.3 is 0 Å². The highest BCUT2D eigenvalue weighted by Gasteiger charge is 2.29. The lowest BCUT2D eigenvalue weighted by Gasteiger charge is -2.20. The first-order valence-corrected chi connectivity index (χ1v) is 8.93. The number of rotatable bonds is 6. The van der Waals surface area contributed by atoms with Crippen molar-refractivity contribution in [2.75, 3.05) is 11.6 Å². The minimum Gasteiger partial charge on any atom is -0.344 e. The first-order chi connectivity index (χ1) is 10.1. The van der Waals surface area contributed by atoms with E-state index < -0.39 is 33.0 Å². The summed E-state index contributed by atoms with van der Waals surface area (Å²) in [5.74, 6) is -1.56. The van der Waals surface area contributed by atoms with Crippen LogP contribution in [-0.4, -0.2) is 37.8 Å². The largest absolute Gasteiger partial charge is 0.344 e. The molecule has 0 bridgehead atoms. The van der Waals surface area contributed by atoms with Crippen molar-refractivity contribution in [3.8, 4) is 0 Å². The second-order valence-electron chi connectivity index (χ2n) is 5.41. The SMILES string of the molecule is C[C@H](NC(=O)[C@@H](C)[C@H](C)S(C)(=O)=O)C(=O)Nc1ccccc1. The third-order valence-electron chi connectivity index (χ3n) is 3.59. The van der Waals surface area contributed by atoms with Gasteiger partial charge in [0.15, 0.2) is 9.84 Å². The van der Waals surface area contributed by atoms with Crippen LogP contribution in [0.5, 0.6) is 0 Å². The van der Waals surface area contributed by atoms with Crippen molar-refractivity contribution in [2.45, 2.75) is 32.1 Å². The van der Waals surface area contributed by atoms with Gasteiger partial charge in [-0.25, -0.2) is 8.42 Å². The molecule has 3 atom stereocenters. The lowest BCUT2D eigenvalue weighted by atomic mass is 10.1. The van der Waals surface area contributed by atoms with Gasteiger partial charge in [-0.2, -0.15) is 0 Å². The summed E-state index contributed by atoms with van der Waals surface area (Å²) < 4.78 is 23.0. The van der Waals surface area contributed by atoms with Crippen LogP contribution in [0.4, 0.5) is 5.69 Å². The Morgan fingerprint density at radius 2 is 1.55 bits per heavy atom. The second-order valence-corrected chi connectivity index (χ2v) is 7.81. The first kappa shape index (κ1) is 18.2. The predicted octanol–water partition coefficient (Wildman–Crippen LogP) is 1.20. The minimum atomic E-state index is -3.31. The average molecular weight is 326 g/mol. The van der Waals surface area contributed by atoms with Gasteiger partial charge in [-0.05, 0) is 26.0 Å². The number of sulfone groups is 1. The number of anilines is 1. The van der Waals surface area contributed by atoms with Gasteiger partial charge in [-0.15, -0.1) is 0 Å². The van der Waals surface area contributed by atoms with Gasteiger partial charge in [0, 0.05) is 11.9 Å². The van der Waals surface area contributed by atoms with Crippen LogP contribution in [-0.2, 0) is 19.4 Å². The number of nitrogens with one attached hydrogen (secondary N) is 2. The van der Waals surface area contributed by atoms with Crippen LogP contribution < -0.4 is 10.6 Å². The molecule has 0 aromatic heterocycles. The monoisotopic (exact) mass is 326 g/mol. The molecule has 2 N–H and O–H groups in total. The number of hydrogen-bond donors (Lipinski definition) is 2. The Balaban J connectivity index is 2.62. The van der Waals surface area contributed by atoms with Crippen molar-refractivity contribution in [1.82, 2.24) is 5.32 Å². The summed E-state index contributed by atoms with van der Waals surface area (Å²) >= 11 is 0. The summed E-state index contributed by atoms with van der Waals surface area (Å²) in [4.78, 5) is 24.0. The Hall–Kier alpha value is -1.89. The molecule has 0 heterocycles. The number of para-hydroxylation sites is 1.